The molecule has 1 aromatic carbocycles. The van der Waals surface area contributed by atoms with E-state index in [1.165, 1.54) is 23.4 Å². The Labute approximate surface area is 175 Å². The summed E-state index contributed by atoms with van der Waals surface area (Å²) in [6.07, 6.45) is 8.01. The molecule has 0 spiro atoms. The third-order valence-electron chi connectivity index (χ3n) is 5.16. The van der Waals surface area contributed by atoms with Crippen LogP contribution in [-0.4, -0.2) is 43.5 Å². The van der Waals surface area contributed by atoms with Gasteiger partial charge in [0.1, 0.15) is 5.82 Å². The average Bonchev–Trinajstić information content (AvgIpc) is 3.01. The highest BCUT2D eigenvalue weighted by Gasteiger charge is 2.26. The highest BCUT2D eigenvalue weighted by atomic mass is 32.2. The van der Waals surface area contributed by atoms with E-state index in [4.69, 9.17) is 5.14 Å². The van der Waals surface area contributed by atoms with E-state index in [9.17, 15) is 8.42 Å². The van der Waals surface area contributed by atoms with Crippen molar-refractivity contribution in [2.75, 3.05) is 24.3 Å². The van der Waals surface area contributed by atoms with Gasteiger partial charge in [-0.1, -0.05) is 6.08 Å². The Hall–Kier alpha value is -3.21. The number of allylic oxidation sites excluding steroid dienone is 2. The van der Waals surface area contributed by atoms with E-state index in [2.05, 4.69) is 45.9 Å². The van der Waals surface area contributed by atoms with Crippen molar-refractivity contribution < 1.29 is 8.42 Å². The predicted molar refractivity (Wildman–Crippen MR) is 116 cm³/mol. The molecule has 0 saturated heterocycles. The van der Waals surface area contributed by atoms with Crippen LogP contribution in [0.5, 0.6) is 0 Å². The van der Waals surface area contributed by atoms with E-state index in [1.54, 1.807) is 18.3 Å². The molecule has 4 rings (SSSR count). The Kier molecular flexibility index (Phi) is 5.06. The molecule has 0 saturated carbocycles. The Balaban J connectivity index is 1.54. The molecule has 0 fully saturated rings. The SMILES string of the molecule is CC1=C2C=C(N(C)c3ccnc(Nc4ccc(S(N)(=O)=O)cc4)n3)C=CC2NN1C. The molecule has 2 aromatic rings. The number of primary sulfonamides is 1. The number of likely N-dealkylation sites (N-methyl/N-ethyl adjacent to an activating group) is 1. The number of rotatable bonds is 5. The molecule has 0 radical (unpaired) electrons. The summed E-state index contributed by atoms with van der Waals surface area (Å²) in [5, 5.41) is 10.2. The molecule has 1 atom stereocenters. The summed E-state index contributed by atoms with van der Waals surface area (Å²) < 4.78 is 22.8. The summed E-state index contributed by atoms with van der Waals surface area (Å²) in [5.74, 6) is 1.12. The molecule has 30 heavy (non-hydrogen) atoms. The van der Waals surface area contributed by atoms with Crippen molar-refractivity contribution in [3.8, 4) is 0 Å². The fraction of sp³-hybridized carbons (Fsp3) is 0.200. The zero-order chi connectivity index (χ0) is 21.5. The normalized spacial score (nSPS) is 18.3. The largest absolute Gasteiger partial charge is 0.329 e. The van der Waals surface area contributed by atoms with Gasteiger partial charge in [0, 0.05) is 37.4 Å². The first-order chi connectivity index (χ1) is 14.2. The van der Waals surface area contributed by atoms with Crippen molar-refractivity contribution in [1.29, 1.82) is 0 Å². The number of fused-ring (bicyclic) bond motifs is 1. The van der Waals surface area contributed by atoms with Gasteiger partial charge in [-0.25, -0.2) is 24.0 Å². The number of aromatic nitrogens is 2. The topological polar surface area (TPSA) is 116 Å². The summed E-state index contributed by atoms with van der Waals surface area (Å²) in [7, 11) is 0.227. The molecule has 2 aliphatic rings. The maximum Gasteiger partial charge on any atom is 0.238 e. The third kappa shape index (κ3) is 3.92. The molecule has 156 valence electrons. The van der Waals surface area contributed by atoms with Crippen molar-refractivity contribution in [3.05, 3.63) is 71.7 Å². The Morgan fingerprint density at radius 1 is 1.23 bits per heavy atom. The van der Waals surface area contributed by atoms with Gasteiger partial charge in [-0.05, 0) is 55.0 Å². The lowest BCUT2D eigenvalue weighted by molar-refractivity contribution is 0.325. The summed E-state index contributed by atoms with van der Waals surface area (Å²) >= 11 is 0. The number of benzene rings is 1. The van der Waals surface area contributed by atoms with Gasteiger partial charge in [-0.3, -0.25) is 0 Å². The van der Waals surface area contributed by atoms with E-state index in [0.717, 1.165) is 11.5 Å². The number of nitrogens with one attached hydrogen (secondary N) is 2. The molecule has 0 bridgehead atoms. The van der Waals surface area contributed by atoms with Crippen LogP contribution in [0.3, 0.4) is 0 Å². The molecule has 0 amide bonds. The monoisotopic (exact) mass is 425 g/mol. The lowest BCUT2D eigenvalue weighted by atomic mass is 10.00. The quantitative estimate of drug-likeness (QED) is 0.665. The minimum absolute atomic E-state index is 0.0495. The van der Waals surface area contributed by atoms with Crippen molar-refractivity contribution in [2.45, 2.75) is 17.9 Å². The maximum absolute atomic E-state index is 11.4. The number of hydrogen-bond donors (Lipinski definition) is 3. The van der Waals surface area contributed by atoms with Crippen molar-refractivity contribution >= 4 is 27.5 Å². The predicted octanol–water partition coefficient (Wildman–Crippen LogP) is 1.85. The van der Waals surface area contributed by atoms with Crippen LogP contribution in [-0.2, 0) is 10.0 Å². The number of hydrazine groups is 1. The van der Waals surface area contributed by atoms with Crippen LogP contribution in [0.2, 0.25) is 0 Å². The van der Waals surface area contributed by atoms with Gasteiger partial charge >= 0.3 is 0 Å². The van der Waals surface area contributed by atoms with E-state index >= 15 is 0 Å². The van der Waals surface area contributed by atoms with Crippen LogP contribution in [0, 0.1) is 0 Å². The standard InChI is InChI=1S/C20H23N7O2S/c1-13-17-12-15(6-9-18(17)25-27(13)3)26(2)19-10-11-22-20(24-19)23-14-4-7-16(8-5-14)30(21,28)29/h4-12,18,25H,1-3H3,(H2,21,28,29)(H,22,23,24). The van der Waals surface area contributed by atoms with Crippen LogP contribution < -0.4 is 20.8 Å². The molecular weight excluding hydrogens is 402 g/mol. The molecule has 1 aliphatic carbocycles. The van der Waals surface area contributed by atoms with Crippen LogP contribution in [0.15, 0.2) is 76.6 Å². The van der Waals surface area contributed by atoms with Crippen LogP contribution >= 0.6 is 0 Å². The molecule has 1 aliphatic heterocycles. The van der Waals surface area contributed by atoms with Gasteiger partial charge in [-0.15, -0.1) is 0 Å². The molecule has 2 heterocycles. The number of nitrogens with zero attached hydrogens (tertiary/aromatic N) is 4. The molecule has 4 N–H and O–H groups in total. The number of sulfonamides is 1. The van der Waals surface area contributed by atoms with Crippen molar-refractivity contribution in [2.24, 2.45) is 5.14 Å². The van der Waals surface area contributed by atoms with Crippen molar-refractivity contribution in [3.63, 3.8) is 0 Å². The number of hydrogen-bond acceptors (Lipinski definition) is 8. The lowest BCUT2D eigenvalue weighted by Crippen LogP contribution is -2.34. The van der Waals surface area contributed by atoms with Gasteiger partial charge in [0.05, 0.1) is 10.9 Å². The van der Waals surface area contributed by atoms with Gasteiger partial charge in [-0.2, -0.15) is 4.98 Å². The van der Waals surface area contributed by atoms with Crippen LogP contribution in [0.25, 0.3) is 0 Å². The highest BCUT2D eigenvalue weighted by Crippen LogP contribution is 2.29. The Bertz CT molecular complexity index is 1170. The number of nitrogens with two attached hydrogens (primary N) is 1. The van der Waals surface area contributed by atoms with E-state index in [1.807, 2.05) is 30.1 Å². The first kappa shape index (κ1) is 20.1. The van der Waals surface area contributed by atoms with Gasteiger partial charge < -0.3 is 15.2 Å². The second-order valence-corrected chi connectivity index (χ2v) is 8.69. The van der Waals surface area contributed by atoms with Gasteiger partial charge in [0.25, 0.3) is 0 Å². The summed E-state index contributed by atoms with van der Waals surface area (Å²) in [4.78, 5) is 10.9. The lowest BCUT2D eigenvalue weighted by Gasteiger charge is -2.23. The summed E-state index contributed by atoms with van der Waals surface area (Å²) in [6.45, 7) is 2.09. The fourth-order valence-corrected chi connectivity index (χ4v) is 3.85. The van der Waals surface area contributed by atoms with Crippen molar-refractivity contribution in [1.82, 2.24) is 20.4 Å². The van der Waals surface area contributed by atoms with Gasteiger partial charge in [0.2, 0.25) is 16.0 Å². The minimum atomic E-state index is -3.73. The first-order valence-corrected chi connectivity index (χ1v) is 10.8. The minimum Gasteiger partial charge on any atom is -0.329 e. The second kappa shape index (κ2) is 7.56. The summed E-state index contributed by atoms with van der Waals surface area (Å²) in [5.41, 5.74) is 7.46. The molecule has 1 unspecified atom stereocenters. The Morgan fingerprint density at radius 3 is 2.67 bits per heavy atom. The molecule has 1 aromatic heterocycles. The van der Waals surface area contributed by atoms with Gasteiger partial charge in [0.15, 0.2) is 0 Å². The zero-order valence-electron chi connectivity index (χ0n) is 16.9. The van der Waals surface area contributed by atoms with E-state index < -0.39 is 10.0 Å². The molecular formula is C20H23N7O2S. The Morgan fingerprint density at radius 2 is 1.97 bits per heavy atom. The second-order valence-electron chi connectivity index (χ2n) is 7.13. The zero-order valence-corrected chi connectivity index (χ0v) is 17.7. The average molecular weight is 426 g/mol. The maximum atomic E-state index is 11.4. The fourth-order valence-electron chi connectivity index (χ4n) is 3.33. The van der Waals surface area contributed by atoms with Crippen LogP contribution in [0.1, 0.15) is 6.92 Å². The molecule has 9 nitrogen and oxygen atoms in total. The molecule has 10 heteroatoms. The third-order valence-corrected chi connectivity index (χ3v) is 6.09. The van der Waals surface area contributed by atoms with E-state index in [0.29, 0.717) is 11.6 Å². The smallest absolute Gasteiger partial charge is 0.238 e. The van der Waals surface area contributed by atoms with E-state index in [-0.39, 0.29) is 10.9 Å². The first-order valence-electron chi connectivity index (χ1n) is 9.29. The van der Waals surface area contributed by atoms with Crippen LogP contribution in [0.4, 0.5) is 17.5 Å². The number of anilines is 3. The summed E-state index contributed by atoms with van der Waals surface area (Å²) in [6, 6.07) is 8.12. The highest BCUT2D eigenvalue weighted by molar-refractivity contribution is 7.89.